The van der Waals surface area contributed by atoms with Crippen LogP contribution in [0.3, 0.4) is 0 Å². The molecular formula is C78H145NO10. The van der Waals surface area contributed by atoms with E-state index in [0.29, 0.717) is 19.4 Å². The lowest BCUT2D eigenvalue weighted by molar-refractivity contribution is -0.302. The zero-order valence-corrected chi connectivity index (χ0v) is 58.2. The quantitative estimate of drug-likeness (QED) is 0.0195. The van der Waals surface area contributed by atoms with Crippen molar-refractivity contribution in [3.8, 4) is 0 Å². The number of unbranched alkanes of at least 4 members (excludes halogenated alkanes) is 48. The van der Waals surface area contributed by atoms with Crippen LogP contribution in [0.5, 0.6) is 0 Å². The van der Waals surface area contributed by atoms with E-state index in [4.69, 9.17) is 14.2 Å². The molecule has 0 aromatic heterocycles. The maximum atomic E-state index is 13.0. The summed E-state index contributed by atoms with van der Waals surface area (Å²) in [6.45, 7) is 4.34. The minimum atomic E-state index is -1.57. The average molecular weight is 1260 g/mol. The second kappa shape index (κ2) is 67.1. The second-order valence-corrected chi connectivity index (χ2v) is 26.7. The Morgan fingerprint density at radius 1 is 0.416 bits per heavy atom. The summed E-state index contributed by atoms with van der Waals surface area (Å²) in [7, 11) is 0. The van der Waals surface area contributed by atoms with Crippen LogP contribution in [0.2, 0.25) is 0 Å². The highest BCUT2D eigenvalue weighted by atomic mass is 16.7. The topological polar surface area (TPSA) is 175 Å². The number of ether oxygens (including phenoxy) is 3. The van der Waals surface area contributed by atoms with E-state index in [0.717, 1.165) is 64.2 Å². The van der Waals surface area contributed by atoms with Crippen molar-refractivity contribution in [2.75, 3.05) is 19.8 Å². The molecule has 1 aliphatic rings. The number of rotatable bonds is 68. The molecule has 522 valence electrons. The second-order valence-electron chi connectivity index (χ2n) is 26.7. The van der Waals surface area contributed by atoms with E-state index in [2.05, 4.69) is 55.6 Å². The van der Waals surface area contributed by atoms with E-state index in [1.54, 1.807) is 6.08 Å². The number of aliphatic hydroxyl groups excluding tert-OH is 5. The summed E-state index contributed by atoms with van der Waals surface area (Å²) in [6.07, 6.45) is 78.7. The predicted octanol–water partition coefficient (Wildman–Crippen LogP) is 20.3. The number of carbonyl (C=O) groups is 2. The van der Waals surface area contributed by atoms with E-state index in [1.807, 2.05) is 6.08 Å². The van der Waals surface area contributed by atoms with Crippen LogP contribution in [0.15, 0.2) is 48.6 Å². The van der Waals surface area contributed by atoms with E-state index < -0.39 is 49.5 Å². The van der Waals surface area contributed by atoms with Gasteiger partial charge in [-0.15, -0.1) is 0 Å². The minimum absolute atomic E-state index is 0.00485. The molecule has 7 unspecified atom stereocenters. The minimum Gasteiger partial charge on any atom is -0.466 e. The lowest BCUT2D eigenvalue weighted by Crippen LogP contribution is -2.60. The fourth-order valence-electron chi connectivity index (χ4n) is 12.1. The zero-order valence-electron chi connectivity index (χ0n) is 58.2. The van der Waals surface area contributed by atoms with Crippen LogP contribution < -0.4 is 5.32 Å². The molecule has 89 heavy (non-hydrogen) atoms. The largest absolute Gasteiger partial charge is 0.466 e. The smallest absolute Gasteiger partial charge is 0.305 e. The Balaban J connectivity index is 1.88. The standard InChI is InChI=1S/C78H145NO10/c1-3-5-7-9-11-13-14-15-39-43-46-50-54-58-62-66-74(83)87-67-63-59-55-51-47-44-41-38-36-34-32-30-28-26-24-22-20-18-16-17-19-21-23-25-27-29-31-33-35-37-40-42-45-49-53-57-61-65-73(82)79-70(71(81)64-60-56-52-48-12-10-8-6-4-2)69-88-78-77(86)76(85)75(84)72(68-80)89-78/h15-16,18,22,24,39,60,64,70-72,75-78,80-81,84-86H,3-14,17,19-21,23,25-38,40-59,61-63,65-69H2,1-2H3,(H,79,82)/b18-16-,24-22-,39-15-,64-60+. The van der Waals surface area contributed by atoms with Crippen LogP contribution in [0.25, 0.3) is 0 Å². The lowest BCUT2D eigenvalue weighted by Gasteiger charge is -2.40. The van der Waals surface area contributed by atoms with Gasteiger partial charge in [0.15, 0.2) is 6.29 Å². The van der Waals surface area contributed by atoms with E-state index in [-0.39, 0.29) is 18.5 Å². The Kier molecular flexibility index (Phi) is 63.8. The Morgan fingerprint density at radius 2 is 0.753 bits per heavy atom. The molecular weight excluding hydrogens is 1110 g/mol. The third-order valence-electron chi connectivity index (χ3n) is 18.2. The first-order chi connectivity index (χ1) is 43.7. The molecule has 1 saturated heterocycles. The molecule has 0 saturated carbocycles. The summed E-state index contributed by atoms with van der Waals surface area (Å²) in [5.41, 5.74) is 0. The molecule has 0 spiro atoms. The van der Waals surface area contributed by atoms with Gasteiger partial charge in [-0.05, 0) is 89.9 Å². The highest BCUT2D eigenvalue weighted by molar-refractivity contribution is 5.76. The van der Waals surface area contributed by atoms with Gasteiger partial charge < -0.3 is 45.1 Å². The van der Waals surface area contributed by atoms with Crippen LogP contribution in [0, 0.1) is 0 Å². The highest BCUT2D eigenvalue weighted by Gasteiger charge is 2.44. The Hall–Kier alpha value is -2.38. The van der Waals surface area contributed by atoms with Crippen molar-refractivity contribution in [1.82, 2.24) is 5.32 Å². The number of carbonyl (C=O) groups excluding carboxylic acids is 2. The van der Waals surface area contributed by atoms with E-state index in [9.17, 15) is 35.1 Å². The van der Waals surface area contributed by atoms with E-state index in [1.165, 1.54) is 283 Å². The molecule has 0 aromatic carbocycles. The molecule has 0 radical (unpaired) electrons. The summed E-state index contributed by atoms with van der Waals surface area (Å²) < 4.78 is 16.7. The monoisotopic (exact) mass is 1260 g/mol. The van der Waals surface area contributed by atoms with Crippen molar-refractivity contribution in [2.45, 2.75) is 416 Å². The van der Waals surface area contributed by atoms with Gasteiger partial charge in [0.2, 0.25) is 5.91 Å². The number of nitrogens with one attached hydrogen (secondary N) is 1. The lowest BCUT2D eigenvalue weighted by atomic mass is 9.99. The van der Waals surface area contributed by atoms with Crippen LogP contribution in [0.4, 0.5) is 0 Å². The van der Waals surface area contributed by atoms with Gasteiger partial charge in [0.05, 0.1) is 32.0 Å². The molecule has 1 fully saturated rings. The third kappa shape index (κ3) is 55.8. The molecule has 0 aromatic rings. The molecule has 11 heteroatoms. The SMILES string of the molecule is CCCCCCCC/C=C\CCCCCCCC(=O)OCCCCCCCCCCCCCCC/C=C\C/C=C\CCCCCCCCCCCCCCCCCCCC(=O)NC(COC1OC(CO)C(O)C(O)C1O)C(O)/C=C/CCCCCCCCC. The van der Waals surface area contributed by atoms with Gasteiger partial charge in [0.1, 0.15) is 24.4 Å². The number of aliphatic hydroxyl groups is 5. The first-order valence-electron chi connectivity index (χ1n) is 38.4. The summed E-state index contributed by atoms with van der Waals surface area (Å²) in [4.78, 5) is 25.1. The molecule has 0 aliphatic carbocycles. The van der Waals surface area contributed by atoms with Crippen molar-refractivity contribution >= 4 is 11.9 Å². The highest BCUT2D eigenvalue weighted by Crippen LogP contribution is 2.23. The normalized spacial score (nSPS) is 17.9. The molecule has 6 N–H and O–H groups in total. The summed E-state index contributed by atoms with van der Waals surface area (Å²) >= 11 is 0. The number of allylic oxidation sites excluding steroid dienone is 7. The van der Waals surface area contributed by atoms with Crippen molar-refractivity contribution in [3.05, 3.63) is 48.6 Å². The van der Waals surface area contributed by atoms with Crippen LogP contribution in [-0.4, -0.2) is 100 Å². The van der Waals surface area contributed by atoms with E-state index >= 15 is 0 Å². The molecule has 1 heterocycles. The van der Waals surface area contributed by atoms with Crippen molar-refractivity contribution in [2.24, 2.45) is 0 Å². The third-order valence-corrected chi connectivity index (χ3v) is 18.2. The summed E-state index contributed by atoms with van der Waals surface area (Å²) in [5.74, 6) is -0.175. The van der Waals surface area contributed by atoms with Crippen LogP contribution in [0.1, 0.15) is 373 Å². The van der Waals surface area contributed by atoms with Crippen molar-refractivity contribution in [1.29, 1.82) is 0 Å². The molecule has 7 atom stereocenters. The van der Waals surface area contributed by atoms with Gasteiger partial charge in [-0.3, -0.25) is 9.59 Å². The van der Waals surface area contributed by atoms with Gasteiger partial charge in [0.25, 0.3) is 0 Å². The maximum absolute atomic E-state index is 13.0. The Labute approximate surface area is 548 Å². The first kappa shape index (κ1) is 84.6. The number of hydrogen-bond acceptors (Lipinski definition) is 10. The molecule has 1 amide bonds. The number of hydrogen-bond donors (Lipinski definition) is 6. The molecule has 0 bridgehead atoms. The summed E-state index contributed by atoms with van der Waals surface area (Å²) in [5, 5.41) is 54.3. The molecule has 1 aliphatic heterocycles. The zero-order chi connectivity index (χ0) is 64.4. The number of esters is 1. The predicted molar refractivity (Wildman–Crippen MR) is 375 cm³/mol. The Bertz CT molecular complexity index is 1620. The molecule has 11 nitrogen and oxygen atoms in total. The fourth-order valence-corrected chi connectivity index (χ4v) is 12.1. The molecule has 1 rings (SSSR count). The van der Waals surface area contributed by atoms with Crippen molar-refractivity contribution in [3.63, 3.8) is 0 Å². The summed E-state index contributed by atoms with van der Waals surface area (Å²) in [6, 6.07) is -0.807. The Morgan fingerprint density at radius 3 is 1.15 bits per heavy atom. The van der Waals surface area contributed by atoms with Crippen LogP contribution >= 0.6 is 0 Å². The van der Waals surface area contributed by atoms with Crippen molar-refractivity contribution < 1.29 is 49.3 Å². The van der Waals surface area contributed by atoms with Gasteiger partial charge in [-0.2, -0.15) is 0 Å². The fraction of sp³-hybridized carbons (Fsp3) is 0.872. The first-order valence-corrected chi connectivity index (χ1v) is 38.4. The maximum Gasteiger partial charge on any atom is 0.305 e. The van der Waals surface area contributed by atoms with Crippen LogP contribution in [-0.2, 0) is 23.8 Å². The van der Waals surface area contributed by atoms with Gasteiger partial charge in [-0.1, -0.05) is 319 Å². The van der Waals surface area contributed by atoms with Gasteiger partial charge in [-0.25, -0.2) is 0 Å². The van der Waals surface area contributed by atoms with Gasteiger partial charge >= 0.3 is 5.97 Å². The average Bonchev–Trinajstić information content (AvgIpc) is 1.84. The number of amides is 1. The van der Waals surface area contributed by atoms with Gasteiger partial charge in [0, 0.05) is 12.8 Å².